The Hall–Kier alpha value is -1.26. The van der Waals surface area contributed by atoms with Crippen LogP contribution in [0, 0.1) is 13.8 Å². The molecule has 96 valence electrons. The Morgan fingerprint density at radius 2 is 1.88 bits per heavy atom. The highest BCUT2D eigenvalue weighted by Crippen LogP contribution is 2.24. The van der Waals surface area contributed by atoms with Crippen molar-refractivity contribution in [3.8, 4) is 5.75 Å². The number of rotatable bonds is 4. The summed E-state index contributed by atoms with van der Waals surface area (Å²) in [4.78, 5) is 10.6. The summed E-state index contributed by atoms with van der Waals surface area (Å²) >= 11 is 0. The largest absolute Gasteiger partial charge is 0.496 e. The van der Waals surface area contributed by atoms with Crippen LogP contribution in [0.5, 0.6) is 5.75 Å². The maximum atomic E-state index is 10.6. The van der Waals surface area contributed by atoms with Crippen LogP contribution in [0.1, 0.15) is 16.7 Å². The highest BCUT2D eigenvalue weighted by molar-refractivity contribution is 5.85. The van der Waals surface area contributed by atoms with Crippen LogP contribution in [0.4, 0.5) is 0 Å². The molecule has 5 heteroatoms. The summed E-state index contributed by atoms with van der Waals surface area (Å²) in [6.07, 6.45) is 0.334. The molecule has 0 fully saturated rings. The SMILES string of the molecule is COc1c(C)cc(C[C@H](N)C(=O)O)cc1C.Cl. The molecule has 1 aromatic rings. The molecule has 0 aliphatic carbocycles. The summed E-state index contributed by atoms with van der Waals surface area (Å²) in [5, 5.41) is 8.73. The highest BCUT2D eigenvalue weighted by atomic mass is 35.5. The third-order valence-electron chi connectivity index (χ3n) is 2.50. The van der Waals surface area contributed by atoms with Crippen molar-refractivity contribution in [3.63, 3.8) is 0 Å². The lowest BCUT2D eigenvalue weighted by atomic mass is 10.0. The van der Waals surface area contributed by atoms with Gasteiger partial charge in [-0.15, -0.1) is 12.4 Å². The lowest BCUT2D eigenvalue weighted by Gasteiger charge is -2.12. The third-order valence-corrected chi connectivity index (χ3v) is 2.50. The van der Waals surface area contributed by atoms with E-state index in [9.17, 15) is 4.79 Å². The molecular formula is C12H18ClNO3. The molecule has 1 atom stereocenters. The van der Waals surface area contributed by atoms with Crippen molar-refractivity contribution in [1.82, 2.24) is 0 Å². The molecule has 1 aromatic carbocycles. The highest BCUT2D eigenvalue weighted by Gasteiger charge is 2.13. The molecule has 0 saturated carbocycles. The fourth-order valence-corrected chi connectivity index (χ4v) is 1.82. The number of hydrogen-bond donors (Lipinski definition) is 2. The minimum atomic E-state index is -0.980. The van der Waals surface area contributed by atoms with Gasteiger partial charge in [0.25, 0.3) is 0 Å². The van der Waals surface area contributed by atoms with Gasteiger partial charge in [-0.3, -0.25) is 4.79 Å². The van der Waals surface area contributed by atoms with Gasteiger partial charge in [-0.2, -0.15) is 0 Å². The summed E-state index contributed by atoms with van der Waals surface area (Å²) in [5.74, 6) is -0.140. The van der Waals surface area contributed by atoms with Crippen LogP contribution in [0.3, 0.4) is 0 Å². The molecule has 0 amide bonds. The van der Waals surface area contributed by atoms with E-state index in [0.717, 1.165) is 22.4 Å². The van der Waals surface area contributed by atoms with Crippen LogP contribution < -0.4 is 10.5 Å². The zero-order valence-corrected chi connectivity index (χ0v) is 11.0. The summed E-state index contributed by atoms with van der Waals surface area (Å²) in [6.45, 7) is 3.86. The number of benzene rings is 1. The fraction of sp³-hybridized carbons (Fsp3) is 0.417. The molecule has 17 heavy (non-hydrogen) atoms. The van der Waals surface area contributed by atoms with E-state index in [-0.39, 0.29) is 12.4 Å². The van der Waals surface area contributed by atoms with E-state index in [1.165, 1.54) is 0 Å². The smallest absolute Gasteiger partial charge is 0.320 e. The summed E-state index contributed by atoms with van der Waals surface area (Å²) in [5.41, 5.74) is 8.40. The Morgan fingerprint density at radius 3 is 2.24 bits per heavy atom. The van der Waals surface area contributed by atoms with Gasteiger partial charge in [0.05, 0.1) is 7.11 Å². The van der Waals surface area contributed by atoms with Crippen molar-refractivity contribution in [2.24, 2.45) is 5.73 Å². The maximum Gasteiger partial charge on any atom is 0.320 e. The predicted octanol–water partition coefficient (Wildman–Crippen LogP) is 1.69. The average Bonchev–Trinajstić information content (AvgIpc) is 2.16. The monoisotopic (exact) mass is 259 g/mol. The number of carboxylic acids is 1. The first-order valence-electron chi connectivity index (χ1n) is 5.08. The van der Waals surface area contributed by atoms with Crippen LogP contribution in [0.2, 0.25) is 0 Å². The minimum absolute atomic E-state index is 0. The lowest BCUT2D eigenvalue weighted by Crippen LogP contribution is -2.32. The first kappa shape index (κ1) is 15.7. The third kappa shape index (κ3) is 3.91. The molecule has 0 aliphatic rings. The van der Waals surface area contributed by atoms with Gasteiger partial charge in [0.2, 0.25) is 0 Å². The fourth-order valence-electron chi connectivity index (χ4n) is 1.82. The second-order valence-electron chi connectivity index (χ2n) is 3.91. The number of carbonyl (C=O) groups is 1. The number of hydrogen-bond acceptors (Lipinski definition) is 3. The lowest BCUT2D eigenvalue weighted by molar-refractivity contribution is -0.138. The van der Waals surface area contributed by atoms with E-state index in [4.69, 9.17) is 15.6 Å². The Bertz CT molecular complexity index is 384. The molecule has 0 aromatic heterocycles. The average molecular weight is 260 g/mol. The molecule has 4 nitrogen and oxygen atoms in total. The molecule has 0 radical (unpaired) electrons. The molecular weight excluding hydrogens is 242 g/mol. The Balaban J connectivity index is 0.00000256. The maximum absolute atomic E-state index is 10.6. The number of aliphatic carboxylic acids is 1. The second kappa shape index (κ2) is 6.47. The molecule has 0 heterocycles. The van der Waals surface area contributed by atoms with Gasteiger partial charge < -0.3 is 15.6 Å². The topological polar surface area (TPSA) is 72.5 Å². The van der Waals surface area contributed by atoms with E-state index in [2.05, 4.69) is 0 Å². The number of halogens is 1. The quantitative estimate of drug-likeness (QED) is 0.863. The Kier molecular flexibility index (Phi) is 5.99. The minimum Gasteiger partial charge on any atom is -0.496 e. The number of ether oxygens (including phenoxy) is 1. The number of carboxylic acid groups (broad SMARTS) is 1. The van der Waals surface area contributed by atoms with E-state index < -0.39 is 12.0 Å². The van der Waals surface area contributed by atoms with Crippen LogP contribution in [-0.2, 0) is 11.2 Å². The standard InChI is InChI=1S/C12H17NO3.ClH/c1-7-4-9(6-10(13)12(14)15)5-8(2)11(7)16-3;/h4-5,10H,6,13H2,1-3H3,(H,14,15);1H/t10-;/m0./s1. The molecule has 0 unspecified atom stereocenters. The number of nitrogens with two attached hydrogens (primary N) is 1. The van der Waals surface area contributed by atoms with Crippen molar-refractivity contribution in [2.75, 3.05) is 7.11 Å². The molecule has 1 rings (SSSR count). The van der Waals surface area contributed by atoms with Gasteiger partial charge in [-0.1, -0.05) is 12.1 Å². The Morgan fingerprint density at radius 1 is 1.41 bits per heavy atom. The van der Waals surface area contributed by atoms with Crippen molar-refractivity contribution in [2.45, 2.75) is 26.3 Å². The van der Waals surface area contributed by atoms with Crippen molar-refractivity contribution in [3.05, 3.63) is 28.8 Å². The number of methoxy groups -OCH3 is 1. The van der Waals surface area contributed by atoms with E-state index in [1.54, 1.807) is 7.11 Å². The molecule has 0 bridgehead atoms. The molecule has 0 aliphatic heterocycles. The van der Waals surface area contributed by atoms with Gasteiger partial charge in [0.15, 0.2) is 0 Å². The molecule has 3 N–H and O–H groups in total. The predicted molar refractivity (Wildman–Crippen MR) is 69.0 cm³/mol. The van der Waals surface area contributed by atoms with Gasteiger partial charge in [0, 0.05) is 0 Å². The van der Waals surface area contributed by atoms with E-state index in [1.807, 2.05) is 26.0 Å². The summed E-state index contributed by atoms with van der Waals surface area (Å²) < 4.78 is 5.24. The summed E-state index contributed by atoms with van der Waals surface area (Å²) in [6, 6.07) is 2.97. The van der Waals surface area contributed by atoms with Crippen molar-refractivity contribution in [1.29, 1.82) is 0 Å². The van der Waals surface area contributed by atoms with E-state index >= 15 is 0 Å². The Labute approximate surface area is 107 Å². The van der Waals surface area contributed by atoms with Gasteiger partial charge in [-0.05, 0) is 37.0 Å². The first-order chi connectivity index (χ1) is 7.45. The van der Waals surface area contributed by atoms with Gasteiger partial charge in [-0.25, -0.2) is 0 Å². The van der Waals surface area contributed by atoms with Gasteiger partial charge in [0.1, 0.15) is 11.8 Å². The van der Waals surface area contributed by atoms with Crippen LogP contribution in [0.15, 0.2) is 12.1 Å². The van der Waals surface area contributed by atoms with Gasteiger partial charge >= 0.3 is 5.97 Å². The van der Waals surface area contributed by atoms with E-state index in [0.29, 0.717) is 6.42 Å². The zero-order chi connectivity index (χ0) is 12.3. The van der Waals surface area contributed by atoms with Crippen molar-refractivity contribution < 1.29 is 14.6 Å². The number of aryl methyl sites for hydroxylation is 2. The van der Waals surface area contributed by atoms with Crippen LogP contribution in [0.25, 0.3) is 0 Å². The molecule has 0 spiro atoms. The zero-order valence-electron chi connectivity index (χ0n) is 10.2. The molecule has 0 saturated heterocycles. The summed E-state index contributed by atoms with van der Waals surface area (Å²) in [7, 11) is 1.62. The first-order valence-corrected chi connectivity index (χ1v) is 5.08. The normalized spacial score (nSPS) is 11.5. The van der Waals surface area contributed by atoms with Crippen LogP contribution in [-0.4, -0.2) is 24.2 Å². The van der Waals surface area contributed by atoms with Crippen LogP contribution >= 0.6 is 12.4 Å². The second-order valence-corrected chi connectivity index (χ2v) is 3.91. The van der Waals surface area contributed by atoms with Crippen molar-refractivity contribution >= 4 is 18.4 Å².